The Morgan fingerprint density at radius 3 is 2.64 bits per heavy atom. The minimum Gasteiger partial charge on any atom is -0.494 e. The standard InChI is InChI=1S/C29H33F2N5O5S/c1-29(2,3)41-28(38)33-16-25(37)36-42(4)17-18-11-20-14-21(12-18)39-9-5-6-10-40-24-13-19(30)7-8-22(24)26-23(31)15-32-27(34-20)35-26/h7-8,11-15H,5-6,9-10,16-17H2,1-4H3,(H,33,38)(H,32,34,35). The van der Waals surface area contributed by atoms with E-state index in [1.165, 1.54) is 18.2 Å². The Labute approximate surface area is 245 Å². The molecule has 13 heteroatoms. The van der Waals surface area contributed by atoms with Gasteiger partial charge in [0.15, 0.2) is 5.82 Å². The van der Waals surface area contributed by atoms with Crippen molar-refractivity contribution < 1.29 is 32.6 Å². The molecule has 2 heterocycles. The molecular weight excluding hydrogens is 568 g/mol. The number of benzene rings is 2. The van der Waals surface area contributed by atoms with Crippen LogP contribution in [-0.2, 0) is 26.0 Å². The fourth-order valence-corrected chi connectivity index (χ4v) is 5.10. The SMILES string of the molecule is C/S(Cc1cc2cc(c1)OCCCCOc1cc(F)ccc1-c1nc(ncc1F)N2)=N/C(=O)CNC(=O)OC(C)(C)C. The maximum Gasteiger partial charge on any atom is 0.408 e. The van der Waals surface area contributed by atoms with E-state index in [9.17, 15) is 18.4 Å². The van der Waals surface area contributed by atoms with Crippen molar-refractivity contribution in [1.29, 1.82) is 0 Å². The largest absolute Gasteiger partial charge is 0.494 e. The first-order valence-corrected chi connectivity index (χ1v) is 15.0. The van der Waals surface area contributed by atoms with E-state index in [1.54, 1.807) is 26.8 Å². The number of hydrogen-bond acceptors (Lipinski definition) is 8. The van der Waals surface area contributed by atoms with Gasteiger partial charge in [-0.15, -0.1) is 0 Å². The molecule has 4 rings (SSSR count). The fraction of sp³-hybridized carbons (Fsp3) is 0.379. The molecule has 1 aliphatic heterocycles. The maximum atomic E-state index is 14.8. The summed E-state index contributed by atoms with van der Waals surface area (Å²) in [4.78, 5) is 32.6. The van der Waals surface area contributed by atoms with Crippen LogP contribution >= 0.6 is 0 Å². The van der Waals surface area contributed by atoms with E-state index in [2.05, 4.69) is 25.0 Å². The van der Waals surface area contributed by atoms with Crippen LogP contribution in [0.25, 0.3) is 11.3 Å². The molecule has 0 radical (unpaired) electrons. The topological polar surface area (TPSA) is 124 Å². The highest BCUT2D eigenvalue weighted by molar-refractivity contribution is 7.86. The van der Waals surface area contributed by atoms with Gasteiger partial charge >= 0.3 is 6.09 Å². The molecule has 1 aliphatic rings. The Kier molecular flexibility index (Phi) is 10.0. The lowest BCUT2D eigenvalue weighted by molar-refractivity contribution is -0.116. The van der Waals surface area contributed by atoms with Gasteiger partial charge < -0.3 is 24.8 Å². The Bertz CT molecular complexity index is 1500. The summed E-state index contributed by atoms with van der Waals surface area (Å²) in [6.45, 7) is 5.60. The maximum absolute atomic E-state index is 14.8. The molecule has 1 atom stereocenters. The second-order valence-electron chi connectivity index (χ2n) is 10.5. The summed E-state index contributed by atoms with van der Waals surface area (Å²) in [5.41, 5.74) is 1.01. The van der Waals surface area contributed by atoms with Crippen LogP contribution < -0.4 is 20.1 Å². The number of amides is 2. The quantitative estimate of drug-likeness (QED) is 0.390. The first-order chi connectivity index (χ1) is 19.9. The smallest absolute Gasteiger partial charge is 0.408 e. The lowest BCUT2D eigenvalue weighted by Crippen LogP contribution is -2.35. The summed E-state index contributed by atoms with van der Waals surface area (Å²) in [7, 11) is -0.711. The number of halogens is 2. The molecule has 224 valence electrons. The molecule has 1 aromatic heterocycles. The van der Waals surface area contributed by atoms with Crippen LogP contribution in [0.4, 0.5) is 25.2 Å². The van der Waals surface area contributed by atoms with Crippen LogP contribution in [0.15, 0.2) is 47.0 Å². The van der Waals surface area contributed by atoms with E-state index in [-0.39, 0.29) is 30.5 Å². The number of carbonyl (C=O) groups is 2. The number of aromatic nitrogens is 2. The highest BCUT2D eigenvalue weighted by Gasteiger charge is 2.18. The van der Waals surface area contributed by atoms with Crippen molar-refractivity contribution in [3.63, 3.8) is 0 Å². The predicted octanol–water partition coefficient (Wildman–Crippen LogP) is 5.70. The predicted molar refractivity (Wildman–Crippen MR) is 156 cm³/mol. The highest BCUT2D eigenvalue weighted by atomic mass is 32.2. The van der Waals surface area contributed by atoms with Gasteiger partial charge in [0.05, 0.1) is 19.4 Å². The monoisotopic (exact) mass is 601 g/mol. The Morgan fingerprint density at radius 2 is 1.88 bits per heavy atom. The summed E-state index contributed by atoms with van der Waals surface area (Å²) in [5, 5.41) is 5.50. The minimum absolute atomic E-state index is 0.0302. The number of hydrogen-bond donors (Lipinski definition) is 2. The number of carbonyl (C=O) groups excluding carboxylic acids is 2. The Morgan fingerprint density at radius 1 is 1.12 bits per heavy atom. The summed E-state index contributed by atoms with van der Waals surface area (Å²) in [6, 6.07) is 9.33. The molecule has 2 amide bonds. The van der Waals surface area contributed by atoms with E-state index in [1.807, 2.05) is 18.4 Å². The fourth-order valence-electron chi connectivity index (χ4n) is 3.97. The molecule has 0 saturated carbocycles. The summed E-state index contributed by atoms with van der Waals surface area (Å²) in [6.07, 6.45) is 3.45. The number of nitrogens with one attached hydrogen (secondary N) is 2. The van der Waals surface area contributed by atoms with Crippen LogP contribution in [0.2, 0.25) is 0 Å². The molecule has 0 fully saturated rings. The highest BCUT2D eigenvalue weighted by Crippen LogP contribution is 2.33. The van der Waals surface area contributed by atoms with Gasteiger partial charge in [0.25, 0.3) is 5.91 Å². The lowest BCUT2D eigenvalue weighted by Gasteiger charge is -2.19. The van der Waals surface area contributed by atoms with Gasteiger partial charge in [0.2, 0.25) is 5.95 Å². The van der Waals surface area contributed by atoms with Crippen molar-refractivity contribution in [3.8, 4) is 22.8 Å². The number of fused-ring (bicyclic) bond motifs is 6. The zero-order valence-corrected chi connectivity index (χ0v) is 24.6. The molecule has 4 bridgehead atoms. The van der Waals surface area contributed by atoms with Crippen molar-refractivity contribution >= 4 is 34.3 Å². The molecular formula is C29H33F2N5O5S. The van der Waals surface area contributed by atoms with Crippen molar-refractivity contribution in [1.82, 2.24) is 15.3 Å². The first-order valence-electron chi connectivity index (χ1n) is 13.3. The second-order valence-corrected chi connectivity index (χ2v) is 12.2. The van der Waals surface area contributed by atoms with E-state index in [0.29, 0.717) is 42.2 Å². The molecule has 42 heavy (non-hydrogen) atoms. The molecule has 2 aromatic carbocycles. The number of anilines is 2. The number of rotatable bonds is 4. The van der Waals surface area contributed by atoms with Crippen LogP contribution in [0.1, 0.15) is 39.2 Å². The first kappa shape index (κ1) is 30.8. The number of alkyl carbamates (subject to hydrolysis) is 1. The molecule has 1 unspecified atom stereocenters. The molecule has 3 aromatic rings. The van der Waals surface area contributed by atoms with Gasteiger partial charge in [-0.1, -0.05) is 10.7 Å². The van der Waals surface area contributed by atoms with Gasteiger partial charge in [-0.05, 0) is 69.7 Å². The van der Waals surface area contributed by atoms with Crippen molar-refractivity contribution in [3.05, 3.63) is 59.8 Å². The lowest BCUT2D eigenvalue weighted by atomic mass is 10.1. The van der Waals surface area contributed by atoms with E-state index in [4.69, 9.17) is 14.2 Å². The van der Waals surface area contributed by atoms with Gasteiger partial charge in [-0.2, -0.15) is 4.36 Å². The third kappa shape index (κ3) is 9.20. The van der Waals surface area contributed by atoms with Gasteiger partial charge in [0.1, 0.15) is 35.2 Å². The normalized spacial score (nSPS) is 14.1. The van der Waals surface area contributed by atoms with Crippen LogP contribution in [-0.4, -0.2) is 53.6 Å². The zero-order chi connectivity index (χ0) is 30.3. The molecule has 0 saturated heterocycles. The van der Waals surface area contributed by atoms with E-state index < -0.39 is 39.9 Å². The number of nitrogens with zero attached hydrogens (tertiary/aromatic N) is 3. The van der Waals surface area contributed by atoms with Crippen molar-refractivity contribution in [2.45, 2.75) is 45.0 Å². The Hall–Kier alpha value is -4.13. The van der Waals surface area contributed by atoms with Crippen molar-refractivity contribution in [2.75, 3.05) is 31.3 Å². The van der Waals surface area contributed by atoms with Gasteiger partial charge in [0, 0.05) is 29.1 Å². The number of ether oxygens (including phenoxy) is 3. The third-order valence-corrected chi connectivity index (χ3v) is 6.91. The minimum atomic E-state index is -0.711. The molecule has 0 aliphatic carbocycles. The van der Waals surface area contributed by atoms with Crippen LogP contribution in [0, 0.1) is 11.6 Å². The average Bonchev–Trinajstić information content (AvgIpc) is 2.89. The zero-order valence-electron chi connectivity index (χ0n) is 23.8. The van der Waals surface area contributed by atoms with Crippen LogP contribution in [0.5, 0.6) is 11.5 Å². The molecule has 0 spiro atoms. The van der Waals surface area contributed by atoms with E-state index in [0.717, 1.165) is 11.8 Å². The summed E-state index contributed by atoms with van der Waals surface area (Å²) < 4.78 is 49.9. The summed E-state index contributed by atoms with van der Waals surface area (Å²) >= 11 is 0. The second kappa shape index (κ2) is 13.7. The molecule has 2 N–H and O–H groups in total. The van der Waals surface area contributed by atoms with E-state index >= 15 is 0 Å². The van der Waals surface area contributed by atoms with Gasteiger partial charge in [-0.25, -0.2) is 23.5 Å². The third-order valence-electron chi connectivity index (χ3n) is 5.65. The van der Waals surface area contributed by atoms with Crippen molar-refractivity contribution in [2.24, 2.45) is 4.36 Å². The average molecular weight is 602 g/mol. The van der Waals surface area contributed by atoms with Gasteiger partial charge in [-0.3, -0.25) is 4.79 Å². The molecule has 10 nitrogen and oxygen atoms in total. The van der Waals surface area contributed by atoms with Crippen LogP contribution in [0.3, 0.4) is 0 Å². The Balaban J connectivity index is 1.56. The summed E-state index contributed by atoms with van der Waals surface area (Å²) in [5.74, 6) is -0.358.